The number of aryl methyl sites for hydroxylation is 1. The molecule has 1 heterocycles. The minimum atomic E-state index is 0.0811. The molecular weight excluding hydrogens is 292 g/mol. The number of nitrogens with two attached hydrogens (primary N) is 1. The predicted octanol–water partition coefficient (Wildman–Crippen LogP) is 3.14. The predicted molar refractivity (Wildman–Crippen MR) is 93.0 cm³/mol. The molecule has 0 spiro atoms. The minimum Gasteiger partial charge on any atom is -0.328 e. The van der Waals surface area contributed by atoms with Crippen molar-refractivity contribution < 1.29 is 4.79 Å². The standard InChI is InChI=1S/C18H20N2OS/c1-13-5-4-6-14(9-13)16-7-2-3-8-17(16)18(21)20-12-22-11-15(20)10-19/h2-9,15H,10-12,19H2,1H3/t15-/m1/s1. The molecule has 1 aliphatic heterocycles. The lowest BCUT2D eigenvalue weighted by atomic mass is 9.97. The highest BCUT2D eigenvalue weighted by Crippen LogP contribution is 2.28. The number of carbonyl (C=O) groups excluding carboxylic acids is 1. The van der Waals surface area contributed by atoms with Gasteiger partial charge in [-0.3, -0.25) is 4.79 Å². The number of rotatable bonds is 3. The van der Waals surface area contributed by atoms with Crippen LogP contribution in [0, 0.1) is 6.92 Å². The molecule has 1 amide bonds. The van der Waals surface area contributed by atoms with E-state index in [4.69, 9.17) is 5.73 Å². The minimum absolute atomic E-state index is 0.0811. The van der Waals surface area contributed by atoms with Gasteiger partial charge in [0, 0.05) is 17.9 Å². The van der Waals surface area contributed by atoms with E-state index in [2.05, 4.69) is 25.1 Å². The SMILES string of the molecule is Cc1cccc(-c2ccccc2C(=O)N2CSC[C@H]2CN)c1. The third-order valence-corrected chi connectivity index (χ3v) is 5.08. The van der Waals surface area contributed by atoms with Gasteiger partial charge in [0.1, 0.15) is 0 Å². The van der Waals surface area contributed by atoms with Crippen molar-refractivity contribution in [2.75, 3.05) is 18.2 Å². The summed E-state index contributed by atoms with van der Waals surface area (Å²) in [5.41, 5.74) is 9.82. The van der Waals surface area contributed by atoms with Gasteiger partial charge in [0.15, 0.2) is 0 Å². The first kappa shape index (κ1) is 15.1. The lowest BCUT2D eigenvalue weighted by Gasteiger charge is -2.23. The molecule has 0 unspecified atom stereocenters. The van der Waals surface area contributed by atoms with Crippen LogP contribution in [0.4, 0.5) is 0 Å². The molecule has 1 atom stereocenters. The lowest BCUT2D eigenvalue weighted by Crippen LogP contribution is -2.41. The van der Waals surface area contributed by atoms with Gasteiger partial charge in [-0.2, -0.15) is 0 Å². The molecule has 0 aromatic heterocycles. The number of amides is 1. The molecule has 0 saturated carbocycles. The van der Waals surface area contributed by atoms with E-state index in [1.54, 1.807) is 11.8 Å². The summed E-state index contributed by atoms with van der Waals surface area (Å²) in [6.45, 7) is 2.58. The molecule has 114 valence electrons. The zero-order valence-corrected chi connectivity index (χ0v) is 13.5. The highest BCUT2D eigenvalue weighted by Gasteiger charge is 2.29. The second-order valence-electron chi connectivity index (χ2n) is 5.58. The molecule has 1 aliphatic rings. The number of hydrogen-bond donors (Lipinski definition) is 1. The fourth-order valence-electron chi connectivity index (χ4n) is 2.79. The van der Waals surface area contributed by atoms with Gasteiger partial charge in [-0.1, -0.05) is 48.0 Å². The summed E-state index contributed by atoms with van der Waals surface area (Å²) < 4.78 is 0. The smallest absolute Gasteiger partial charge is 0.255 e. The third-order valence-electron chi connectivity index (χ3n) is 4.00. The molecule has 0 radical (unpaired) electrons. The molecule has 22 heavy (non-hydrogen) atoms. The van der Waals surface area contributed by atoms with Gasteiger partial charge in [0.05, 0.1) is 11.9 Å². The van der Waals surface area contributed by atoms with Crippen LogP contribution in [-0.4, -0.2) is 35.0 Å². The first-order valence-electron chi connectivity index (χ1n) is 7.45. The zero-order chi connectivity index (χ0) is 15.5. The molecule has 4 heteroatoms. The molecule has 2 aromatic carbocycles. The van der Waals surface area contributed by atoms with Crippen LogP contribution in [0.1, 0.15) is 15.9 Å². The Labute approximate surface area is 135 Å². The van der Waals surface area contributed by atoms with Crippen molar-refractivity contribution in [3.8, 4) is 11.1 Å². The van der Waals surface area contributed by atoms with Crippen LogP contribution in [0.2, 0.25) is 0 Å². The maximum Gasteiger partial charge on any atom is 0.255 e. The van der Waals surface area contributed by atoms with Crippen molar-refractivity contribution in [2.24, 2.45) is 5.73 Å². The second kappa shape index (κ2) is 6.55. The Hall–Kier alpha value is -1.78. The van der Waals surface area contributed by atoms with E-state index in [1.165, 1.54) is 5.56 Å². The van der Waals surface area contributed by atoms with E-state index >= 15 is 0 Å². The summed E-state index contributed by atoms with van der Waals surface area (Å²) in [6, 6.07) is 16.2. The quantitative estimate of drug-likeness (QED) is 0.947. The molecule has 1 saturated heterocycles. The Kier molecular flexibility index (Phi) is 4.50. The van der Waals surface area contributed by atoms with Crippen molar-refractivity contribution in [3.05, 3.63) is 59.7 Å². The second-order valence-corrected chi connectivity index (χ2v) is 6.58. The normalized spacial score (nSPS) is 17.7. The Morgan fingerprint density at radius 2 is 2.09 bits per heavy atom. The number of benzene rings is 2. The molecule has 2 N–H and O–H groups in total. The summed E-state index contributed by atoms with van der Waals surface area (Å²) in [7, 11) is 0. The highest BCUT2D eigenvalue weighted by molar-refractivity contribution is 7.99. The monoisotopic (exact) mass is 312 g/mol. The van der Waals surface area contributed by atoms with Gasteiger partial charge < -0.3 is 10.6 Å². The topological polar surface area (TPSA) is 46.3 Å². The van der Waals surface area contributed by atoms with Crippen LogP contribution in [0.15, 0.2) is 48.5 Å². The van der Waals surface area contributed by atoms with E-state index in [9.17, 15) is 4.79 Å². The number of hydrogen-bond acceptors (Lipinski definition) is 3. The number of thioether (sulfide) groups is 1. The Morgan fingerprint density at radius 3 is 2.86 bits per heavy atom. The van der Waals surface area contributed by atoms with Gasteiger partial charge >= 0.3 is 0 Å². The summed E-state index contributed by atoms with van der Waals surface area (Å²) in [6.07, 6.45) is 0. The van der Waals surface area contributed by atoms with Crippen LogP contribution < -0.4 is 5.73 Å². The van der Waals surface area contributed by atoms with Gasteiger partial charge in [-0.05, 0) is 24.1 Å². The molecule has 0 bridgehead atoms. The average molecular weight is 312 g/mol. The first-order valence-corrected chi connectivity index (χ1v) is 8.61. The van der Waals surface area contributed by atoms with E-state index in [0.717, 1.165) is 28.3 Å². The third kappa shape index (κ3) is 2.89. The summed E-state index contributed by atoms with van der Waals surface area (Å²) >= 11 is 1.77. The van der Waals surface area contributed by atoms with Crippen molar-refractivity contribution in [2.45, 2.75) is 13.0 Å². The molecule has 1 fully saturated rings. The Morgan fingerprint density at radius 1 is 1.27 bits per heavy atom. The summed E-state index contributed by atoms with van der Waals surface area (Å²) in [5.74, 6) is 1.73. The van der Waals surface area contributed by atoms with E-state index in [1.807, 2.05) is 35.2 Å². The molecule has 0 aliphatic carbocycles. The summed E-state index contributed by atoms with van der Waals surface area (Å²) in [5, 5.41) is 0. The fourth-order valence-corrected chi connectivity index (χ4v) is 4.01. The molecule has 2 aromatic rings. The van der Waals surface area contributed by atoms with Crippen LogP contribution in [0.25, 0.3) is 11.1 Å². The Bertz CT molecular complexity index is 686. The maximum atomic E-state index is 13.0. The van der Waals surface area contributed by atoms with E-state index in [0.29, 0.717) is 6.54 Å². The van der Waals surface area contributed by atoms with Gasteiger partial charge in [-0.25, -0.2) is 0 Å². The van der Waals surface area contributed by atoms with Crippen molar-refractivity contribution in [1.29, 1.82) is 0 Å². The van der Waals surface area contributed by atoms with Crippen molar-refractivity contribution >= 4 is 17.7 Å². The van der Waals surface area contributed by atoms with Gasteiger partial charge in [-0.15, -0.1) is 11.8 Å². The molecular formula is C18H20N2OS. The first-order chi connectivity index (χ1) is 10.7. The number of carbonyl (C=O) groups is 1. The lowest BCUT2D eigenvalue weighted by molar-refractivity contribution is 0.0753. The maximum absolute atomic E-state index is 13.0. The average Bonchev–Trinajstić information content (AvgIpc) is 3.03. The number of nitrogens with zero attached hydrogens (tertiary/aromatic N) is 1. The van der Waals surface area contributed by atoms with Crippen LogP contribution >= 0.6 is 11.8 Å². The van der Waals surface area contributed by atoms with Crippen LogP contribution in [0.3, 0.4) is 0 Å². The van der Waals surface area contributed by atoms with Crippen LogP contribution in [0.5, 0.6) is 0 Å². The largest absolute Gasteiger partial charge is 0.328 e. The van der Waals surface area contributed by atoms with Crippen molar-refractivity contribution in [3.63, 3.8) is 0 Å². The zero-order valence-electron chi connectivity index (χ0n) is 12.7. The van der Waals surface area contributed by atoms with Crippen molar-refractivity contribution in [1.82, 2.24) is 4.90 Å². The van der Waals surface area contributed by atoms with Gasteiger partial charge in [0.25, 0.3) is 5.91 Å². The van der Waals surface area contributed by atoms with E-state index in [-0.39, 0.29) is 11.9 Å². The summed E-state index contributed by atoms with van der Waals surface area (Å²) in [4.78, 5) is 14.9. The van der Waals surface area contributed by atoms with Crippen LogP contribution in [-0.2, 0) is 0 Å². The highest BCUT2D eigenvalue weighted by atomic mass is 32.2. The van der Waals surface area contributed by atoms with Gasteiger partial charge in [0.2, 0.25) is 0 Å². The van der Waals surface area contributed by atoms with E-state index < -0.39 is 0 Å². The fraction of sp³-hybridized carbons (Fsp3) is 0.278. The molecule has 3 nitrogen and oxygen atoms in total. The molecule has 3 rings (SSSR count). The Balaban J connectivity index is 1.99.